The van der Waals surface area contributed by atoms with Crippen LogP contribution in [0.1, 0.15) is 28.5 Å². The molecule has 1 N–H and O–H groups in total. The maximum absolute atomic E-state index is 12.7. The van der Waals surface area contributed by atoms with Gasteiger partial charge in [0, 0.05) is 36.1 Å². The van der Waals surface area contributed by atoms with Crippen molar-refractivity contribution in [2.45, 2.75) is 26.9 Å². The van der Waals surface area contributed by atoms with Crippen molar-refractivity contribution >= 4 is 5.91 Å². The summed E-state index contributed by atoms with van der Waals surface area (Å²) in [7, 11) is 0. The lowest BCUT2D eigenvalue weighted by atomic mass is 10.1. The van der Waals surface area contributed by atoms with Crippen molar-refractivity contribution < 1.29 is 4.79 Å². The van der Waals surface area contributed by atoms with Gasteiger partial charge in [-0.05, 0) is 26.0 Å². The normalized spacial score (nSPS) is 10.8. The molecule has 0 fully saturated rings. The largest absolute Gasteiger partial charge is 0.348 e. The van der Waals surface area contributed by atoms with E-state index in [1.165, 1.54) is 0 Å². The van der Waals surface area contributed by atoms with Crippen molar-refractivity contribution in [2.75, 3.05) is 0 Å². The first kappa shape index (κ1) is 18.7. The van der Waals surface area contributed by atoms with Gasteiger partial charge in [0.25, 0.3) is 5.91 Å². The second-order valence-corrected chi connectivity index (χ2v) is 6.79. The number of rotatable bonds is 6. The van der Waals surface area contributed by atoms with Crippen molar-refractivity contribution in [1.82, 2.24) is 24.9 Å². The third-order valence-electron chi connectivity index (χ3n) is 4.94. The van der Waals surface area contributed by atoms with Crippen LogP contribution in [-0.2, 0) is 13.1 Å². The van der Waals surface area contributed by atoms with Crippen LogP contribution in [0.2, 0.25) is 0 Å². The molecule has 0 unspecified atom stereocenters. The van der Waals surface area contributed by atoms with Gasteiger partial charge in [0.2, 0.25) is 0 Å². The maximum atomic E-state index is 12.7. The molecular formula is C23H23N5O. The Hall–Kier alpha value is -3.67. The summed E-state index contributed by atoms with van der Waals surface area (Å²) in [6.07, 6.45) is 3.60. The molecule has 6 heteroatoms. The van der Waals surface area contributed by atoms with Crippen molar-refractivity contribution in [2.24, 2.45) is 0 Å². The molecule has 0 aliphatic heterocycles. The Bertz CT molecular complexity index is 1110. The minimum Gasteiger partial charge on any atom is -0.348 e. The summed E-state index contributed by atoms with van der Waals surface area (Å²) < 4.78 is 3.67. The number of amides is 1. The minimum atomic E-state index is -0.131. The summed E-state index contributed by atoms with van der Waals surface area (Å²) in [5.41, 5.74) is 5.27. The van der Waals surface area contributed by atoms with Gasteiger partial charge in [-0.2, -0.15) is 10.2 Å². The number of aryl methyl sites for hydroxylation is 1. The Morgan fingerprint density at radius 1 is 1.03 bits per heavy atom. The van der Waals surface area contributed by atoms with E-state index in [4.69, 9.17) is 5.10 Å². The Morgan fingerprint density at radius 2 is 1.72 bits per heavy atom. The van der Waals surface area contributed by atoms with Crippen LogP contribution in [0.4, 0.5) is 0 Å². The van der Waals surface area contributed by atoms with Crippen LogP contribution in [0.25, 0.3) is 16.9 Å². The van der Waals surface area contributed by atoms with Crippen molar-refractivity contribution in [3.05, 3.63) is 89.9 Å². The predicted molar refractivity (Wildman–Crippen MR) is 113 cm³/mol. The van der Waals surface area contributed by atoms with Crippen LogP contribution in [0.3, 0.4) is 0 Å². The first-order chi connectivity index (χ1) is 14.2. The van der Waals surface area contributed by atoms with E-state index in [0.29, 0.717) is 12.1 Å². The molecule has 2 aromatic carbocycles. The highest BCUT2D eigenvalue weighted by molar-refractivity contribution is 5.95. The fourth-order valence-electron chi connectivity index (χ4n) is 3.35. The SMILES string of the molecule is CCn1ncc(C(=O)NCc2cn(-c3ccccc3)nc2-c2ccccc2)c1C. The minimum absolute atomic E-state index is 0.131. The Labute approximate surface area is 169 Å². The zero-order valence-electron chi connectivity index (χ0n) is 16.5. The highest BCUT2D eigenvalue weighted by atomic mass is 16.1. The third kappa shape index (κ3) is 3.82. The van der Waals surface area contributed by atoms with Gasteiger partial charge in [-0.15, -0.1) is 0 Å². The van der Waals surface area contributed by atoms with E-state index in [1.807, 2.05) is 90.1 Å². The molecule has 0 aliphatic carbocycles. The Morgan fingerprint density at radius 3 is 2.38 bits per heavy atom. The monoisotopic (exact) mass is 385 g/mol. The van der Waals surface area contributed by atoms with Gasteiger partial charge in [0.05, 0.1) is 23.1 Å². The van der Waals surface area contributed by atoms with E-state index in [0.717, 1.165) is 34.7 Å². The van der Waals surface area contributed by atoms with Crippen molar-refractivity contribution in [3.8, 4) is 16.9 Å². The molecule has 0 saturated carbocycles. The zero-order chi connectivity index (χ0) is 20.2. The number of carbonyl (C=O) groups is 1. The van der Waals surface area contributed by atoms with Crippen LogP contribution in [0, 0.1) is 6.92 Å². The molecule has 4 aromatic rings. The average Bonchev–Trinajstić information content (AvgIpc) is 3.37. The Kier molecular flexibility index (Phi) is 5.24. The third-order valence-corrected chi connectivity index (χ3v) is 4.94. The molecule has 0 atom stereocenters. The lowest BCUT2D eigenvalue weighted by molar-refractivity contribution is 0.0950. The molecule has 6 nitrogen and oxygen atoms in total. The summed E-state index contributed by atoms with van der Waals surface area (Å²) >= 11 is 0. The number of carbonyl (C=O) groups excluding carboxylic acids is 1. The predicted octanol–water partition coefficient (Wildman–Crippen LogP) is 3.99. The fourth-order valence-corrected chi connectivity index (χ4v) is 3.35. The number of para-hydroxylation sites is 1. The summed E-state index contributed by atoms with van der Waals surface area (Å²) in [6.45, 7) is 5.04. The van der Waals surface area contributed by atoms with Gasteiger partial charge >= 0.3 is 0 Å². The van der Waals surface area contributed by atoms with Crippen LogP contribution < -0.4 is 5.32 Å². The van der Waals surface area contributed by atoms with Gasteiger partial charge in [0.1, 0.15) is 0 Å². The standard InChI is InChI=1S/C23H23N5O/c1-3-27-17(2)21(15-25-27)23(29)24-14-19-16-28(20-12-8-5-9-13-20)26-22(19)18-10-6-4-7-11-18/h4-13,15-16H,3,14H2,1-2H3,(H,24,29). The van der Waals surface area contributed by atoms with Crippen LogP contribution in [-0.4, -0.2) is 25.5 Å². The smallest absolute Gasteiger partial charge is 0.255 e. The molecule has 0 aliphatic rings. The first-order valence-electron chi connectivity index (χ1n) is 9.67. The van der Waals surface area contributed by atoms with Crippen LogP contribution >= 0.6 is 0 Å². The van der Waals surface area contributed by atoms with Crippen LogP contribution in [0.15, 0.2) is 73.1 Å². The highest BCUT2D eigenvalue weighted by Gasteiger charge is 2.16. The zero-order valence-corrected chi connectivity index (χ0v) is 16.5. The summed E-state index contributed by atoms with van der Waals surface area (Å²) in [6, 6.07) is 20.0. The number of hydrogen-bond acceptors (Lipinski definition) is 3. The van der Waals surface area contributed by atoms with Gasteiger partial charge in [-0.3, -0.25) is 9.48 Å². The molecule has 0 saturated heterocycles. The number of hydrogen-bond donors (Lipinski definition) is 1. The fraction of sp³-hybridized carbons (Fsp3) is 0.174. The summed E-state index contributed by atoms with van der Waals surface area (Å²) in [5, 5.41) is 12.1. The molecule has 2 aromatic heterocycles. The van der Waals surface area contributed by atoms with Gasteiger partial charge in [0.15, 0.2) is 0 Å². The van der Waals surface area contributed by atoms with E-state index >= 15 is 0 Å². The second kappa shape index (κ2) is 8.14. The second-order valence-electron chi connectivity index (χ2n) is 6.79. The molecule has 0 spiro atoms. The topological polar surface area (TPSA) is 64.7 Å². The average molecular weight is 385 g/mol. The highest BCUT2D eigenvalue weighted by Crippen LogP contribution is 2.23. The number of benzene rings is 2. The van der Waals surface area contributed by atoms with E-state index < -0.39 is 0 Å². The van der Waals surface area contributed by atoms with Gasteiger partial charge in [-0.25, -0.2) is 4.68 Å². The lowest BCUT2D eigenvalue weighted by Gasteiger charge is -2.06. The molecule has 1 amide bonds. The van der Waals surface area contributed by atoms with E-state index in [2.05, 4.69) is 10.4 Å². The van der Waals surface area contributed by atoms with Crippen molar-refractivity contribution in [1.29, 1.82) is 0 Å². The number of aromatic nitrogens is 4. The first-order valence-corrected chi connectivity index (χ1v) is 9.67. The molecule has 4 rings (SSSR count). The molecule has 146 valence electrons. The van der Waals surface area contributed by atoms with E-state index in [9.17, 15) is 4.79 Å². The molecule has 29 heavy (non-hydrogen) atoms. The molecule has 2 heterocycles. The van der Waals surface area contributed by atoms with Crippen molar-refractivity contribution in [3.63, 3.8) is 0 Å². The number of nitrogens with zero attached hydrogens (tertiary/aromatic N) is 4. The van der Waals surface area contributed by atoms with E-state index in [1.54, 1.807) is 6.20 Å². The van der Waals surface area contributed by atoms with Gasteiger partial charge in [-0.1, -0.05) is 48.5 Å². The quantitative estimate of drug-likeness (QED) is 0.546. The number of nitrogens with one attached hydrogen (secondary N) is 1. The maximum Gasteiger partial charge on any atom is 0.255 e. The summed E-state index contributed by atoms with van der Waals surface area (Å²) in [4.78, 5) is 12.7. The lowest BCUT2D eigenvalue weighted by Crippen LogP contribution is -2.23. The molecule has 0 radical (unpaired) electrons. The molecule has 0 bridgehead atoms. The van der Waals surface area contributed by atoms with Crippen LogP contribution in [0.5, 0.6) is 0 Å². The summed E-state index contributed by atoms with van der Waals surface area (Å²) in [5.74, 6) is -0.131. The Balaban J connectivity index is 1.62. The van der Waals surface area contributed by atoms with Gasteiger partial charge < -0.3 is 5.32 Å². The van der Waals surface area contributed by atoms with E-state index in [-0.39, 0.29) is 5.91 Å². The molecular weight excluding hydrogens is 362 g/mol.